The lowest BCUT2D eigenvalue weighted by Gasteiger charge is -2.21. The molecule has 0 spiro atoms. The van der Waals surface area contributed by atoms with Gasteiger partial charge in [-0.1, -0.05) is 28.1 Å². The smallest absolute Gasteiger partial charge is 0.0768 e. The first-order valence-electron chi connectivity index (χ1n) is 6.21. The minimum atomic E-state index is 0.232. The van der Waals surface area contributed by atoms with Crippen LogP contribution in [0.5, 0.6) is 0 Å². The van der Waals surface area contributed by atoms with Crippen LogP contribution in [0.1, 0.15) is 18.5 Å². The molecule has 1 heterocycles. The number of pyridine rings is 1. The fourth-order valence-corrected chi connectivity index (χ4v) is 2.22. The van der Waals surface area contributed by atoms with Crippen LogP contribution in [0.3, 0.4) is 0 Å². The maximum absolute atomic E-state index is 4.19. The monoisotopic (exact) mass is 319 g/mol. The summed E-state index contributed by atoms with van der Waals surface area (Å²) in [6.07, 6.45) is 3.68. The average molecular weight is 320 g/mol. The van der Waals surface area contributed by atoms with E-state index < -0.39 is 0 Å². The number of aromatic nitrogens is 1. The van der Waals surface area contributed by atoms with Gasteiger partial charge in [-0.25, -0.2) is 0 Å². The normalized spacial score (nSPS) is 12.0. The Morgan fingerprint density at radius 1 is 1.16 bits per heavy atom. The van der Waals surface area contributed by atoms with Gasteiger partial charge < -0.3 is 10.2 Å². The Kier molecular flexibility index (Phi) is 4.43. The Morgan fingerprint density at radius 3 is 2.47 bits per heavy atom. The molecule has 2 rings (SSSR count). The number of benzene rings is 1. The van der Waals surface area contributed by atoms with E-state index in [0.29, 0.717) is 0 Å². The summed E-state index contributed by atoms with van der Waals surface area (Å²) in [6.45, 7) is 2.15. The van der Waals surface area contributed by atoms with E-state index >= 15 is 0 Å². The molecule has 1 N–H and O–H groups in total. The molecule has 100 valence electrons. The minimum Gasteiger partial charge on any atom is -0.376 e. The molecule has 0 saturated heterocycles. The van der Waals surface area contributed by atoms with E-state index in [1.807, 2.05) is 32.6 Å². The third-order valence-corrected chi connectivity index (χ3v) is 3.55. The fourth-order valence-electron chi connectivity index (χ4n) is 1.96. The Hall–Kier alpha value is -1.55. The molecule has 1 aromatic heterocycles. The number of hydrogen-bond donors (Lipinski definition) is 1. The SMILES string of the molecule is CC(Nc1cnccc1N(C)C)c1ccc(Br)cc1. The number of nitrogens with one attached hydrogen (secondary N) is 1. The summed E-state index contributed by atoms with van der Waals surface area (Å²) in [4.78, 5) is 6.27. The van der Waals surface area contributed by atoms with Crippen LogP contribution in [-0.4, -0.2) is 19.1 Å². The summed E-state index contributed by atoms with van der Waals surface area (Å²) in [5.41, 5.74) is 3.43. The van der Waals surface area contributed by atoms with Crippen molar-refractivity contribution < 1.29 is 0 Å². The van der Waals surface area contributed by atoms with Crippen LogP contribution >= 0.6 is 15.9 Å². The molecule has 0 radical (unpaired) electrons. The number of halogens is 1. The van der Waals surface area contributed by atoms with Gasteiger partial charge in [-0.3, -0.25) is 4.98 Å². The van der Waals surface area contributed by atoms with E-state index in [1.54, 1.807) is 0 Å². The second-order valence-electron chi connectivity index (χ2n) is 4.70. The van der Waals surface area contributed by atoms with E-state index in [-0.39, 0.29) is 6.04 Å². The predicted octanol–water partition coefficient (Wildman–Crippen LogP) is 4.08. The van der Waals surface area contributed by atoms with E-state index in [9.17, 15) is 0 Å². The van der Waals surface area contributed by atoms with Gasteiger partial charge in [0.1, 0.15) is 0 Å². The highest BCUT2D eigenvalue weighted by molar-refractivity contribution is 9.10. The highest BCUT2D eigenvalue weighted by atomic mass is 79.9. The molecule has 1 unspecified atom stereocenters. The molecular weight excluding hydrogens is 302 g/mol. The van der Waals surface area contributed by atoms with Crippen molar-refractivity contribution in [2.75, 3.05) is 24.3 Å². The zero-order chi connectivity index (χ0) is 13.8. The first-order chi connectivity index (χ1) is 9.08. The minimum absolute atomic E-state index is 0.232. The largest absolute Gasteiger partial charge is 0.376 e. The maximum Gasteiger partial charge on any atom is 0.0768 e. The summed E-state index contributed by atoms with van der Waals surface area (Å²) in [6, 6.07) is 10.6. The summed E-state index contributed by atoms with van der Waals surface area (Å²) in [7, 11) is 4.07. The van der Waals surface area contributed by atoms with Crippen LogP contribution in [0.25, 0.3) is 0 Å². The van der Waals surface area contributed by atoms with Crippen molar-refractivity contribution in [2.45, 2.75) is 13.0 Å². The molecule has 4 heteroatoms. The Labute approximate surface area is 122 Å². The predicted molar refractivity (Wildman–Crippen MR) is 84.7 cm³/mol. The van der Waals surface area contributed by atoms with Crippen LogP contribution in [0.4, 0.5) is 11.4 Å². The molecule has 3 nitrogen and oxygen atoms in total. The Balaban J connectivity index is 2.19. The third-order valence-electron chi connectivity index (χ3n) is 3.02. The standard InChI is InChI=1S/C15H18BrN3/c1-11(12-4-6-13(16)7-5-12)18-14-10-17-9-8-15(14)19(2)3/h4-11,18H,1-3H3. The molecule has 0 fully saturated rings. The van der Waals surface area contributed by atoms with Crippen molar-refractivity contribution in [3.63, 3.8) is 0 Å². The van der Waals surface area contributed by atoms with Gasteiger partial charge in [-0.15, -0.1) is 0 Å². The van der Waals surface area contributed by atoms with E-state index in [1.165, 1.54) is 5.56 Å². The van der Waals surface area contributed by atoms with Gasteiger partial charge in [-0.05, 0) is 30.7 Å². The van der Waals surface area contributed by atoms with Gasteiger partial charge in [-0.2, -0.15) is 0 Å². The molecule has 0 aliphatic carbocycles. The molecule has 0 aliphatic heterocycles. The lowest BCUT2D eigenvalue weighted by atomic mass is 10.1. The van der Waals surface area contributed by atoms with Gasteiger partial charge in [0.15, 0.2) is 0 Å². The van der Waals surface area contributed by atoms with Gasteiger partial charge >= 0.3 is 0 Å². The van der Waals surface area contributed by atoms with Crippen LogP contribution in [0.2, 0.25) is 0 Å². The summed E-state index contributed by atoms with van der Waals surface area (Å²) in [5, 5.41) is 3.51. The molecule has 0 aliphatic rings. The van der Waals surface area contributed by atoms with Crippen LogP contribution in [-0.2, 0) is 0 Å². The molecule has 19 heavy (non-hydrogen) atoms. The number of nitrogens with zero attached hydrogens (tertiary/aromatic N) is 2. The third kappa shape index (κ3) is 3.47. The van der Waals surface area contributed by atoms with Crippen LogP contribution in [0.15, 0.2) is 47.2 Å². The maximum atomic E-state index is 4.19. The first kappa shape index (κ1) is 13.9. The lowest BCUT2D eigenvalue weighted by Crippen LogP contribution is -2.14. The van der Waals surface area contributed by atoms with E-state index in [4.69, 9.17) is 0 Å². The molecule has 1 atom stereocenters. The topological polar surface area (TPSA) is 28.2 Å². The van der Waals surface area contributed by atoms with Crippen molar-refractivity contribution >= 4 is 27.3 Å². The fraction of sp³-hybridized carbons (Fsp3) is 0.267. The van der Waals surface area contributed by atoms with E-state index in [2.05, 4.69) is 62.3 Å². The molecule has 0 saturated carbocycles. The molecule has 2 aromatic rings. The molecular formula is C15H18BrN3. The van der Waals surface area contributed by atoms with Crippen molar-refractivity contribution in [3.8, 4) is 0 Å². The highest BCUT2D eigenvalue weighted by Crippen LogP contribution is 2.27. The van der Waals surface area contributed by atoms with Gasteiger partial charge in [0, 0.05) is 30.8 Å². The summed E-state index contributed by atoms with van der Waals surface area (Å²) >= 11 is 3.45. The first-order valence-corrected chi connectivity index (χ1v) is 7.00. The second-order valence-corrected chi connectivity index (χ2v) is 5.62. The highest BCUT2D eigenvalue weighted by Gasteiger charge is 2.09. The molecule has 0 amide bonds. The zero-order valence-corrected chi connectivity index (χ0v) is 13.0. The van der Waals surface area contributed by atoms with Gasteiger partial charge in [0.05, 0.1) is 17.6 Å². The molecule has 0 bridgehead atoms. The van der Waals surface area contributed by atoms with Crippen molar-refractivity contribution in [3.05, 3.63) is 52.8 Å². The number of anilines is 2. The lowest BCUT2D eigenvalue weighted by molar-refractivity contribution is 0.880. The van der Waals surface area contributed by atoms with Crippen LogP contribution in [0, 0.1) is 0 Å². The van der Waals surface area contributed by atoms with Crippen molar-refractivity contribution in [1.29, 1.82) is 0 Å². The second kappa shape index (κ2) is 6.06. The van der Waals surface area contributed by atoms with Crippen LogP contribution < -0.4 is 10.2 Å². The summed E-state index contributed by atoms with van der Waals surface area (Å²) < 4.78 is 1.10. The quantitative estimate of drug-likeness (QED) is 0.920. The molecule has 1 aromatic carbocycles. The Morgan fingerprint density at radius 2 is 1.84 bits per heavy atom. The van der Waals surface area contributed by atoms with Gasteiger partial charge in [0.2, 0.25) is 0 Å². The van der Waals surface area contributed by atoms with Crippen molar-refractivity contribution in [1.82, 2.24) is 4.98 Å². The zero-order valence-electron chi connectivity index (χ0n) is 11.4. The van der Waals surface area contributed by atoms with E-state index in [0.717, 1.165) is 15.8 Å². The number of rotatable bonds is 4. The number of hydrogen-bond acceptors (Lipinski definition) is 3. The van der Waals surface area contributed by atoms with Crippen molar-refractivity contribution in [2.24, 2.45) is 0 Å². The average Bonchev–Trinajstić information content (AvgIpc) is 2.39. The van der Waals surface area contributed by atoms with Gasteiger partial charge in [0.25, 0.3) is 0 Å². The Bertz CT molecular complexity index is 537. The summed E-state index contributed by atoms with van der Waals surface area (Å²) in [5.74, 6) is 0.